The van der Waals surface area contributed by atoms with Gasteiger partial charge < -0.3 is 10.6 Å². The fourth-order valence-corrected chi connectivity index (χ4v) is 1.57. The average molecular weight is 298 g/mol. The summed E-state index contributed by atoms with van der Waals surface area (Å²) in [6, 6.07) is 2.82. The quantitative estimate of drug-likeness (QED) is 0.821. The highest BCUT2D eigenvalue weighted by atomic mass is 19.1. The zero-order valence-corrected chi connectivity index (χ0v) is 12.4. The molecule has 0 aliphatic carbocycles. The molecule has 0 aliphatic heterocycles. The monoisotopic (exact) mass is 298 g/mol. The molecule has 1 aromatic carbocycles. The Morgan fingerprint density at radius 2 is 1.67 bits per heavy atom. The standard InChI is InChI=1S/C15H20F2N2O2/c1-15(2,3)14(21)18-6-4-5-13(20)19-12-8-10(16)7-11(17)9-12/h7-9H,4-6H2,1-3H3,(H,18,21)(H,19,20). The first-order valence-electron chi connectivity index (χ1n) is 6.73. The predicted octanol–water partition coefficient (Wildman–Crippen LogP) is 2.85. The smallest absolute Gasteiger partial charge is 0.225 e. The Labute approximate surface area is 122 Å². The Morgan fingerprint density at radius 3 is 2.19 bits per heavy atom. The molecule has 0 aliphatic rings. The van der Waals surface area contributed by atoms with Crippen LogP contribution in [-0.2, 0) is 9.59 Å². The summed E-state index contributed by atoms with van der Waals surface area (Å²) in [4.78, 5) is 23.2. The minimum absolute atomic E-state index is 0.0798. The zero-order chi connectivity index (χ0) is 16.0. The lowest BCUT2D eigenvalue weighted by atomic mass is 9.96. The van der Waals surface area contributed by atoms with Crippen molar-refractivity contribution >= 4 is 17.5 Å². The summed E-state index contributed by atoms with van der Waals surface area (Å²) in [7, 11) is 0. The molecule has 4 nitrogen and oxygen atoms in total. The van der Waals surface area contributed by atoms with Gasteiger partial charge in [0.25, 0.3) is 0 Å². The largest absolute Gasteiger partial charge is 0.356 e. The van der Waals surface area contributed by atoms with Gasteiger partial charge in [0.05, 0.1) is 0 Å². The molecule has 0 saturated heterocycles. The van der Waals surface area contributed by atoms with Crippen molar-refractivity contribution in [3.8, 4) is 0 Å². The van der Waals surface area contributed by atoms with Crippen molar-refractivity contribution in [1.29, 1.82) is 0 Å². The van der Waals surface area contributed by atoms with Gasteiger partial charge in [0.15, 0.2) is 0 Å². The Bertz CT molecular complexity index is 505. The van der Waals surface area contributed by atoms with Gasteiger partial charge in [-0.3, -0.25) is 9.59 Å². The Morgan fingerprint density at radius 1 is 1.10 bits per heavy atom. The molecule has 21 heavy (non-hydrogen) atoms. The second kappa shape index (κ2) is 7.15. The second-order valence-electron chi connectivity index (χ2n) is 5.82. The first-order valence-corrected chi connectivity index (χ1v) is 6.73. The van der Waals surface area contributed by atoms with Crippen molar-refractivity contribution in [2.75, 3.05) is 11.9 Å². The topological polar surface area (TPSA) is 58.2 Å². The summed E-state index contributed by atoms with van der Waals surface area (Å²) in [5.74, 6) is -1.94. The third-order valence-corrected chi connectivity index (χ3v) is 2.69. The van der Waals surface area contributed by atoms with E-state index in [0.29, 0.717) is 13.0 Å². The van der Waals surface area contributed by atoms with E-state index in [2.05, 4.69) is 10.6 Å². The van der Waals surface area contributed by atoms with E-state index in [1.165, 1.54) is 0 Å². The van der Waals surface area contributed by atoms with Gasteiger partial charge >= 0.3 is 0 Å². The highest BCUT2D eigenvalue weighted by Gasteiger charge is 2.20. The highest BCUT2D eigenvalue weighted by molar-refractivity contribution is 5.90. The number of benzene rings is 1. The molecule has 0 bridgehead atoms. The van der Waals surface area contributed by atoms with Crippen LogP contribution in [0.25, 0.3) is 0 Å². The number of amides is 2. The Kier molecular flexibility index (Phi) is 5.81. The third-order valence-electron chi connectivity index (χ3n) is 2.69. The van der Waals surface area contributed by atoms with Crippen molar-refractivity contribution < 1.29 is 18.4 Å². The maximum atomic E-state index is 12.9. The number of carbonyl (C=O) groups is 2. The molecule has 0 saturated carbocycles. The molecule has 2 N–H and O–H groups in total. The molecule has 1 rings (SSSR count). The van der Waals surface area contributed by atoms with E-state index in [4.69, 9.17) is 0 Å². The van der Waals surface area contributed by atoms with Crippen LogP contribution in [0.15, 0.2) is 18.2 Å². The van der Waals surface area contributed by atoms with Crippen LogP contribution in [0.1, 0.15) is 33.6 Å². The number of anilines is 1. The Balaban J connectivity index is 2.33. The number of rotatable bonds is 5. The van der Waals surface area contributed by atoms with Crippen LogP contribution in [0.3, 0.4) is 0 Å². The molecule has 0 radical (unpaired) electrons. The number of hydrogen-bond donors (Lipinski definition) is 2. The van der Waals surface area contributed by atoms with E-state index in [1.807, 2.05) is 0 Å². The summed E-state index contributed by atoms with van der Waals surface area (Å²) in [5, 5.41) is 5.13. The van der Waals surface area contributed by atoms with Crippen LogP contribution < -0.4 is 10.6 Å². The van der Waals surface area contributed by atoms with E-state index in [9.17, 15) is 18.4 Å². The first kappa shape index (κ1) is 17.1. The molecule has 2 amide bonds. The van der Waals surface area contributed by atoms with Crippen LogP contribution in [0.5, 0.6) is 0 Å². The average Bonchev–Trinajstić information content (AvgIpc) is 2.31. The van der Waals surface area contributed by atoms with Crippen molar-refractivity contribution in [2.24, 2.45) is 5.41 Å². The second-order valence-corrected chi connectivity index (χ2v) is 5.82. The zero-order valence-electron chi connectivity index (χ0n) is 12.4. The van der Waals surface area contributed by atoms with Crippen molar-refractivity contribution in [3.63, 3.8) is 0 Å². The van der Waals surface area contributed by atoms with Crippen LogP contribution >= 0.6 is 0 Å². The van der Waals surface area contributed by atoms with Crippen LogP contribution in [0.4, 0.5) is 14.5 Å². The van der Waals surface area contributed by atoms with Crippen LogP contribution in [-0.4, -0.2) is 18.4 Å². The fraction of sp³-hybridized carbons (Fsp3) is 0.467. The summed E-state index contributed by atoms with van der Waals surface area (Å²) >= 11 is 0. The van der Waals surface area contributed by atoms with Crippen molar-refractivity contribution in [3.05, 3.63) is 29.8 Å². The van der Waals surface area contributed by atoms with Gasteiger partial charge in [-0.1, -0.05) is 20.8 Å². The van der Waals surface area contributed by atoms with Crippen molar-refractivity contribution in [2.45, 2.75) is 33.6 Å². The SMILES string of the molecule is CC(C)(C)C(=O)NCCCC(=O)Nc1cc(F)cc(F)c1. The van der Waals surface area contributed by atoms with Gasteiger partial charge in [-0.15, -0.1) is 0 Å². The van der Waals surface area contributed by atoms with Crippen molar-refractivity contribution in [1.82, 2.24) is 5.32 Å². The maximum absolute atomic E-state index is 12.9. The van der Waals surface area contributed by atoms with E-state index in [0.717, 1.165) is 18.2 Å². The molecule has 0 spiro atoms. The van der Waals surface area contributed by atoms with Gasteiger partial charge in [0, 0.05) is 30.1 Å². The highest BCUT2D eigenvalue weighted by Crippen LogP contribution is 2.14. The molecule has 0 fully saturated rings. The minimum atomic E-state index is -0.747. The van der Waals surface area contributed by atoms with Crippen LogP contribution in [0.2, 0.25) is 0 Å². The molecular formula is C15H20F2N2O2. The van der Waals surface area contributed by atoms with E-state index in [-0.39, 0.29) is 23.9 Å². The molecule has 116 valence electrons. The molecular weight excluding hydrogens is 278 g/mol. The maximum Gasteiger partial charge on any atom is 0.225 e. The van der Waals surface area contributed by atoms with Crippen LogP contribution in [0, 0.1) is 17.0 Å². The lowest BCUT2D eigenvalue weighted by Gasteiger charge is -2.17. The lowest BCUT2D eigenvalue weighted by Crippen LogP contribution is -2.35. The predicted molar refractivity (Wildman–Crippen MR) is 76.7 cm³/mol. The third kappa shape index (κ3) is 6.33. The van der Waals surface area contributed by atoms with Gasteiger partial charge in [-0.05, 0) is 18.6 Å². The lowest BCUT2D eigenvalue weighted by molar-refractivity contribution is -0.128. The fourth-order valence-electron chi connectivity index (χ4n) is 1.57. The van der Waals surface area contributed by atoms with E-state index >= 15 is 0 Å². The summed E-state index contributed by atoms with van der Waals surface area (Å²) in [5.41, 5.74) is -0.391. The van der Waals surface area contributed by atoms with Gasteiger partial charge in [-0.2, -0.15) is 0 Å². The van der Waals surface area contributed by atoms with E-state index < -0.39 is 17.0 Å². The number of carbonyl (C=O) groups excluding carboxylic acids is 2. The molecule has 0 heterocycles. The first-order chi connectivity index (χ1) is 9.68. The van der Waals surface area contributed by atoms with E-state index in [1.54, 1.807) is 20.8 Å². The minimum Gasteiger partial charge on any atom is -0.356 e. The number of nitrogens with one attached hydrogen (secondary N) is 2. The Hall–Kier alpha value is -1.98. The van der Waals surface area contributed by atoms with Gasteiger partial charge in [-0.25, -0.2) is 8.78 Å². The molecule has 6 heteroatoms. The van der Waals surface area contributed by atoms with Gasteiger partial charge in [0.2, 0.25) is 11.8 Å². The molecule has 0 atom stereocenters. The molecule has 1 aromatic rings. The van der Waals surface area contributed by atoms with Gasteiger partial charge in [0.1, 0.15) is 11.6 Å². The summed E-state index contributed by atoms with van der Waals surface area (Å²) in [6.45, 7) is 5.77. The summed E-state index contributed by atoms with van der Waals surface area (Å²) in [6.07, 6.45) is 0.605. The summed E-state index contributed by atoms with van der Waals surface area (Å²) < 4.78 is 25.9. The number of halogens is 2. The molecule has 0 unspecified atom stereocenters. The number of hydrogen-bond acceptors (Lipinski definition) is 2. The molecule has 0 aromatic heterocycles. The normalized spacial score (nSPS) is 11.1.